The van der Waals surface area contributed by atoms with Crippen molar-refractivity contribution >= 4 is 11.6 Å². The molecule has 0 saturated heterocycles. The molecule has 164 valence electrons. The molecule has 3 aliphatic heterocycles. The number of hydrogen-bond acceptors (Lipinski definition) is 9. The molecule has 10 nitrogen and oxygen atoms in total. The van der Waals surface area contributed by atoms with Gasteiger partial charge in [0.25, 0.3) is 5.91 Å². The highest BCUT2D eigenvalue weighted by molar-refractivity contribution is 6.11. The number of nitrogens with zero attached hydrogens (tertiary/aromatic N) is 2. The molecule has 0 aromatic heterocycles. The maximum absolute atomic E-state index is 13.0. The smallest absolute Gasteiger partial charge is 0.273 e. The van der Waals surface area contributed by atoms with Gasteiger partial charge in [0.05, 0.1) is 18.9 Å². The van der Waals surface area contributed by atoms with Gasteiger partial charge in [0.2, 0.25) is 0 Å². The molecule has 2 unspecified atom stereocenters. The van der Waals surface area contributed by atoms with Crippen LogP contribution in [-0.4, -0.2) is 65.0 Å². The minimum atomic E-state index is -0.970. The lowest BCUT2D eigenvalue weighted by Crippen LogP contribution is -2.52. The molecule has 1 aromatic rings. The normalized spacial score (nSPS) is 22.7. The number of hydrazone groups is 1. The number of aliphatic hydroxyl groups excluding tert-OH is 2. The summed E-state index contributed by atoms with van der Waals surface area (Å²) in [6, 6.07) is 7.31. The van der Waals surface area contributed by atoms with E-state index in [0.29, 0.717) is 23.7 Å². The predicted octanol–water partition coefficient (Wildman–Crippen LogP) is -0.738. The fourth-order valence-corrected chi connectivity index (χ4v) is 3.48. The van der Waals surface area contributed by atoms with Crippen LogP contribution in [0.25, 0.3) is 0 Å². The largest absolute Gasteiger partial charge is 0.490 e. The zero-order valence-electron chi connectivity index (χ0n) is 17.1. The maximum atomic E-state index is 13.0. The highest BCUT2D eigenvalue weighted by atomic mass is 16.5. The summed E-state index contributed by atoms with van der Waals surface area (Å²) in [5.74, 6) is 0.288. The Morgan fingerprint density at radius 2 is 2.23 bits per heavy atom. The lowest BCUT2D eigenvalue weighted by molar-refractivity contribution is -0.119. The summed E-state index contributed by atoms with van der Waals surface area (Å²) in [6.07, 6.45) is 5.86. The monoisotopic (exact) mass is 426 g/mol. The third-order valence-corrected chi connectivity index (χ3v) is 5.01. The van der Waals surface area contributed by atoms with Crippen LogP contribution in [0.3, 0.4) is 0 Å². The summed E-state index contributed by atoms with van der Waals surface area (Å²) in [7, 11) is 0. The van der Waals surface area contributed by atoms with Gasteiger partial charge in [-0.05, 0) is 31.2 Å². The van der Waals surface area contributed by atoms with Crippen molar-refractivity contribution in [2.24, 2.45) is 5.10 Å². The molecule has 3 heterocycles. The van der Waals surface area contributed by atoms with Crippen molar-refractivity contribution in [1.82, 2.24) is 26.3 Å². The van der Waals surface area contributed by atoms with Crippen molar-refractivity contribution in [3.8, 4) is 5.75 Å². The fourth-order valence-electron chi connectivity index (χ4n) is 3.48. The van der Waals surface area contributed by atoms with E-state index in [4.69, 9.17) is 14.9 Å². The minimum Gasteiger partial charge on any atom is -0.490 e. The Labute approximate surface area is 180 Å². The number of carbonyl (C=O) groups is 1. The number of ether oxygens (including phenoxy) is 1. The van der Waals surface area contributed by atoms with Gasteiger partial charge in [-0.25, -0.2) is 5.01 Å². The molecule has 10 heteroatoms. The van der Waals surface area contributed by atoms with E-state index in [1.54, 1.807) is 23.5 Å². The molecule has 0 radical (unpaired) electrons. The molecule has 3 atom stereocenters. The number of para-hydroxylation sites is 1. The average molecular weight is 426 g/mol. The summed E-state index contributed by atoms with van der Waals surface area (Å²) in [4.78, 5) is 13.0. The highest BCUT2D eigenvalue weighted by Gasteiger charge is 2.35. The standard InChI is InChI=1S/C21H26N6O4/c1-13-20(21(30)25-18-10-22-8-9-23-18)27-19(24-13)7-6-16(26-27)15-4-2-3-5-17(15)31-12-14(29)11-28/h2-9,14,18-19,22-24,28-29H,10-12H2,1H3,(H,25,30)/t14-,18?,19?/m1/s1. The van der Waals surface area contributed by atoms with E-state index in [9.17, 15) is 9.90 Å². The molecular weight excluding hydrogens is 400 g/mol. The first-order chi connectivity index (χ1) is 15.1. The van der Waals surface area contributed by atoms with Crippen molar-refractivity contribution in [2.75, 3.05) is 19.8 Å². The number of aliphatic hydroxyl groups is 2. The molecular formula is C21H26N6O4. The second-order valence-corrected chi connectivity index (χ2v) is 7.33. The second-order valence-electron chi connectivity index (χ2n) is 7.33. The number of benzene rings is 1. The second kappa shape index (κ2) is 9.11. The number of amides is 1. The topological polar surface area (TPSA) is 130 Å². The molecule has 1 amide bonds. The highest BCUT2D eigenvalue weighted by Crippen LogP contribution is 2.28. The molecule has 4 rings (SSSR count). The van der Waals surface area contributed by atoms with Crippen molar-refractivity contribution < 1.29 is 19.7 Å². The van der Waals surface area contributed by atoms with Crippen LogP contribution in [0.4, 0.5) is 0 Å². The van der Waals surface area contributed by atoms with Gasteiger partial charge in [-0.3, -0.25) is 4.79 Å². The molecule has 6 N–H and O–H groups in total. The third-order valence-electron chi connectivity index (χ3n) is 5.01. The molecule has 0 spiro atoms. The van der Waals surface area contributed by atoms with Crippen LogP contribution in [0.15, 0.2) is 65.3 Å². The lowest BCUT2D eigenvalue weighted by atomic mass is 10.1. The van der Waals surface area contributed by atoms with Gasteiger partial charge < -0.3 is 36.2 Å². The van der Waals surface area contributed by atoms with Crippen molar-refractivity contribution in [3.63, 3.8) is 0 Å². The number of fused-ring (bicyclic) bond motifs is 1. The van der Waals surface area contributed by atoms with E-state index in [0.717, 1.165) is 11.3 Å². The van der Waals surface area contributed by atoms with Crippen molar-refractivity contribution in [1.29, 1.82) is 0 Å². The Balaban J connectivity index is 1.55. The Hall–Kier alpha value is -3.50. The first-order valence-corrected chi connectivity index (χ1v) is 10.1. The van der Waals surface area contributed by atoms with Crippen LogP contribution in [0.1, 0.15) is 12.5 Å². The van der Waals surface area contributed by atoms with Gasteiger partial charge in [0.15, 0.2) is 0 Å². The van der Waals surface area contributed by atoms with Gasteiger partial charge in [0, 0.05) is 23.7 Å². The van der Waals surface area contributed by atoms with Crippen LogP contribution >= 0.6 is 0 Å². The molecule has 0 bridgehead atoms. The quantitative estimate of drug-likeness (QED) is 0.336. The molecule has 31 heavy (non-hydrogen) atoms. The van der Waals surface area contributed by atoms with Crippen LogP contribution in [-0.2, 0) is 4.79 Å². The van der Waals surface area contributed by atoms with E-state index < -0.39 is 6.10 Å². The molecule has 0 fully saturated rings. The Bertz CT molecular complexity index is 957. The zero-order valence-corrected chi connectivity index (χ0v) is 17.1. The number of rotatable bonds is 7. The number of nitrogens with one attached hydrogen (secondary N) is 4. The van der Waals surface area contributed by atoms with E-state index in [-0.39, 0.29) is 31.5 Å². The number of hydrogen-bond donors (Lipinski definition) is 6. The predicted molar refractivity (Wildman–Crippen MR) is 114 cm³/mol. The summed E-state index contributed by atoms with van der Waals surface area (Å²) in [5.41, 5.74) is 2.51. The van der Waals surface area contributed by atoms with E-state index in [1.807, 2.05) is 37.3 Å². The van der Waals surface area contributed by atoms with Gasteiger partial charge in [-0.2, -0.15) is 5.10 Å². The summed E-state index contributed by atoms with van der Waals surface area (Å²) in [5, 5.41) is 37.4. The summed E-state index contributed by atoms with van der Waals surface area (Å²) in [6.45, 7) is 2.00. The SMILES string of the molecule is CC1=C(C(=O)NC2CNC=CN2)N2N=C(c3ccccc3OC[C@H](O)CO)C=CC2N1. The van der Waals surface area contributed by atoms with Crippen LogP contribution in [0.2, 0.25) is 0 Å². The number of carbonyl (C=O) groups excluding carboxylic acids is 1. The zero-order chi connectivity index (χ0) is 21.8. The summed E-state index contributed by atoms with van der Waals surface area (Å²) < 4.78 is 5.68. The Morgan fingerprint density at radius 3 is 3.00 bits per heavy atom. The first kappa shape index (κ1) is 20.8. The van der Waals surface area contributed by atoms with E-state index >= 15 is 0 Å². The van der Waals surface area contributed by atoms with Crippen molar-refractivity contribution in [2.45, 2.75) is 25.4 Å². The minimum absolute atomic E-state index is 0.0397. The lowest BCUT2D eigenvalue weighted by Gasteiger charge is -2.27. The first-order valence-electron chi connectivity index (χ1n) is 10.1. The molecule has 0 aliphatic carbocycles. The number of allylic oxidation sites excluding steroid dienone is 2. The van der Waals surface area contributed by atoms with Gasteiger partial charge in [-0.1, -0.05) is 12.1 Å². The van der Waals surface area contributed by atoms with Gasteiger partial charge in [0.1, 0.15) is 36.5 Å². The molecule has 1 aromatic carbocycles. The Kier molecular flexibility index (Phi) is 6.10. The summed E-state index contributed by atoms with van der Waals surface area (Å²) >= 11 is 0. The molecule has 3 aliphatic rings. The van der Waals surface area contributed by atoms with Crippen LogP contribution in [0, 0.1) is 0 Å². The van der Waals surface area contributed by atoms with E-state index in [2.05, 4.69) is 21.3 Å². The van der Waals surface area contributed by atoms with Gasteiger partial charge in [-0.15, -0.1) is 0 Å². The van der Waals surface area contributed by atoms with Gasteiger partial charge >= 0.3 is 0 Å². The molecule has 0 saturated carbocycles. The van der Waals surface area contributed by atoms with Crippen molar-refractivity contribution in [3.05, 3.63) is 65.8 Å². The average Bonchev–Trinajstić information content (AvgIpc) is 3.13. The van der Waals surface area contributed by atoms with Crippen LogP contribution in [0.5, 0.6) is 5.75 Å². The third kappa shape index (κ3) is 4.49. The Morgan fingerprint density at radius 1 is 1.39 bits per heavy atom. The van der Waals surface area contributed by atoms with Crippen LogP contribution < -0.4 is 26.0 Å². The maximum Gasteiger partial charge on any atom is 0.273 e. The fraction of sp³-hybridized carbons (Fsp3) is 0.333. The van der Waals surface area contributed by atoms with E-state index in [1.165, 1.54) is 0 Å².